The molecule has 0 spiro atoms. The SMILES string of the molecule is CS(=O)(=O)/N=C(/NCCSc1nonc1/C(=N/O)Nc1ccc(F)c(Br)c1)NC1CC1. The molecule has 0 saturated heterocycles. The molecular formula is C16H19BrFN7O4S2. The Morgan fingerprint density at radius 1 is 1.42 bits per heavy atom. The van der Waals surface area contributed by atoms with Gasteiger partial charge in [0.15, 0.2) is 10.7 Å². The molecule has 11 nitrogen and oxygen atoms in total. The zero-order valence-corrected chi connectivity index (χ0v) is 19.4. The maximum atomic E-state index is 13.4. The summed E-state index contributed by atoms with van der Waals surface area (Å²) < 4.78 is 44.9. The van der Waals surface area contributed by atoms with Gasteiger partial charge in [0.1, 0.15) is 5.82 Å². The highest BCUT2D eigenvalue weighted by atomic mass is 79.9. The first-order chi connectivity index (χ1) is 14.7. The Bertz CT molecular complexity index is 1090. The molecule has 15 heteroatoms. The lowest BCUT2D eigenvalue weighted by atomic mass is 10.3. The third kappa shape index (κ3) is 7.36. The molecule has 1 saturated carbocycles. The number of guanidine groups is 1. The number of sulfonamides is 1. The molecule has 1 aliphatic rings. The van der Waals surface area contributed by atoms with E-state index in [0.717, 1.165) is 19.1 Å². The highest BCUT2D eigenvalue weighted by molar-refractivity contribution is 9.10. The molecule has 2 aromatic rings. The lowest BCUT2D eigenvalue weighted by Crippen LogP contribution is -2.40. The number of benzene rings is 1. The molecule has 168 valence electrons. The molecule has 0 unspecified atom stereocenters. The van der Waals surface area contributed by atoms with Crippen LogP contribution in [0.3, 0.4) is 0 Å². The maximum absolute atomic E-state index is 13.4. The first kappa shape index (κ1) is 23.3. The van der Waals surface area contributed by atoms with Crippen molar-refractivity contribution in [3.8, 4) is 0 Å². The van der Waals surface area contributed by atoms with E-state index in [2.05, 4.69) is 51.7 Å². The van der Waals surface area contributed by atoms with Crippen LogP contribution >= 0.6 is 27.7 Å². The summed E-state index contributed by atoms with van der Waals surface area (Å²) in [6.45, 7) is 0.370. The minimum atomic E-state index is -3.54. The fraction of sp³-hybridized carbons (Fsp3) is 0.375. The molecule has 3 rings (SSSR count). The molecule has 1 heterocycles. The number of nitrogens with one attached hydrogen (secondary N) is 3. The summed E-state index contributed by atoms with van der Waals surface area (Å²) in [5.41, 5.74) is 0.614. The number of hydrogen-bond acceptors (Lipinski definition) is 8. The van der Waals surface area contributed by atoms with E-state index in [1.165, 1.54) is 30.0 Å². The second-order valence-corrected chi connectivity index (χ2v) is 10.1. The fourth-order valence-electron chi connectivity index (χ4n) is 2.28. The van der Waals surface area contributed by atoms with Crippen LogP contribution in [0.5, 0.6) is 0 Å². The summed E-state index contributed by atoms with van der Waals surface area (Å²) in [5.74, 6) is 0.182. The molecule has 0 bridgehead atoms. The van der Waals surface area contributed by atoms with Gasteiger partial charge in [-0.25, -0.2) is 17.4 Å². The minimum absolute atomic E-state index is 0.0371. The van der Waals surface area contributed by atoms with Crippen molar-refractivity contribution in [3.05, 3.63) is 34.2 Å². The Balaban J connectivity index is 1.59. The van der Waals surface area contributed by atoms with E-state index in [-0.39, 0.29) is 28.0 Å². The highest BCUT2D eigenvalue weighted by Gasteiger charge is 2.23. The first-order valence-electron chi connectivity index (χ1n) is 8.95. The third-order valence-electron chi connectivity index (χ3n) is 3.77. The first-order valence-corrected chi connectivity index (χ1v) is 12.6. The number of halogens is 2. The van der Waals surface area contributed by atoms with E-state index in [1.807, 2.05) is 0 Å². The number of amidine groups is 1. The normalized spacial score (nSPS) is 15.1. The summed E-state index contributed by atoms with van der Waals surface area (Å²) in [7, 11) is -3.54. The number of rotatable bonds is 8. The minimum Gasteiger partial charge on any atom is -0.409 e. The second-order valence-electron chi connectivity index (χ2n) is 6.49. The summed E-state index contributed by atoms with van der Waals surface area (Å²) >= 11 is 4.33. The van der Waals surface area contributed by atoms with Crippen molar-refractivity contribution in [2.75, 3.05) is 23.9 Å². The molecule has 1 fully saturated rings. The van der Waals surface area contributed by atoms with Crippen molar-refractivity contribution in [2.24, 2.45) is 9.55 Å². The van der Waals surface area contributed by atoms with Gasteiger partial charge in [0.25, 0.3) is 10.0 Å². The number of aromatic nitrogens is 2. The van der Waals surface area contributed by atoms with Crippen LogP contribution < -0.4 is 16.0 Å². The zero-order valence-electron chi connectivity index (χ0n) is 16.2. The van der Waals surface area contributed by atoms with Crippen molar-refractivity contribution in [2.45, 2.75) is 23.9 Å². The van der Waals surface area contributed by atoms with Crippen LogP contribution in [0, 0.1) is 5.82 Å². The van der Waals surface area contributed by atoms with E-state index in [0.29, 0.717) is 23.0 Å². The van der Waals surface area contributed by atoms with Gasteiger partial charge in [-0.1, -0.05) is 16.9 Å². The predicted molar refractivity (Wildman–Crippen MR) is 118 cm³/mol. The Morgan fingerprint density at radius 2 is 2.19 bits per heavy atom. The quantitative estimate of drug-likeness (QED) is 0.0983. The molecule has 0 aliphatic heterocycles. The van der Waals surface area contributed by atoms with Gasteiger partial charge in [0.05, 0.1) is 10.7 Å². The zero-order chi connectivity index (χ0) is 22.4. The van der Waals surface area contributed by atoms with Crippen LogP contribution in [0.1, 0.15) is 18.5 Å². The van der Waals surface area contributed by atoms with Crippen LogP contribution in [0.2, 0.25) is 0 Å². The van der Waals surface area contributed by atoms with Gasteiger partial charge in [-0.05, 0) is 57.3 Å². The summed E-state index contributed by atoms with van der Waals surface area (Å²) in [6, 6.07) is 4.41. The monoisotopic (exact) mass is 535 g/mol. The van der Waals surface area contributed by atoms with Gasteiger partial charge in [-0.3, -0.25) is 0 Å². The predicted octanol–water partition coefficient (Wildman–Crippen LogP) is 1.97. The number of oxime groups is 1. The van der Waals surface area contributed by atoms with E-state index < -0.39 is 15.8 Å². The topological polar surface area (TPSA) is 154 Å². The maximum Gasteiger partial charge on any atom is 0.253 e. The molecule has 0 atom stereocenters. The van der Waals surface area contributed by atoms with Crippen molar-refractivity contribution < 1.29 is 22.6 Å². The van der Waals surface area contributed by atoms with Crippen molar-refractivity contribution in [3.63, 3.8) is 0 Å². The molecule has 31 heavy (non-hydrogen) atoms. The van der Waals surface area contributed by atoms with Gasteiger partial charge < -0.3 is 21.2 Å². The van der Waals surface area contributed by atoms with Crippen LogP contribution in [-0.4, -0.2) is 60.3 Å². The average Bonchev–Trinajstić information content (AvgIpc) is 3.39. The Kier molecular flexibility index (Phi) is 7.72. The summed E-state index contributed by atoms with van der Waals surface area (Å²) in [4.78, 5) is 0. The van der Waals surface area contributed by atoms with E-state index in [1.54, 1.807) is 0 Å². The Hall–Kier alpha value is -2.39. The molecule has 1 aliphatic carbocycles. The van der Waals surface area contributed by atoms with E-state index >= 15 is 0 Å². The standard InChI is InChI=1S/C16H19BrFN7O4S2/c1-31(27,28)25-16(21-9-2-3-9)19-6-7-30-15-13(23-29-24-15)14(22-26)20-10-4-5-12(18)11(17)8-10/h4-5,8-9,26H,2-3,6-7H2,1H3,(H,20,22)(H2,19,21,25). The van der Waals surface area contributed by atoms with Crippen LogP contribution in [0.15, 0.2) is 41.9 Å². The largest absolute Gasteiger partial charge is 0.409 e. The summed E-state index contributed by atoms with van der Waals surface area (Å²) in [6.07, 6.45) is 2.95. The van der Waals surface area contributed by atoms with Crippen LogP contribution in [0.4, 0.5) is 10.1 Å². The van der Waals surface area contributed by atoms with Crippen LogP contribution in [-0.2, 0) is 10.0 Å². The van der Waals surface area contributed by atoms with Gasteiger partial charge in [-0.15, -0.1) is 4.40 Å². The summed E-state index contributed by atoms with van der Waals surface area (Å²) in [5, 5.41) is 29.3. The van der Waals surface area contributed by atoms with Crippen molar-refractivity contribution in [1.82, 2.24) is 20.9 Å². The smallest absolute Gasteiger partial charge is 0.253 e. The van der Waals surface area contributed by atoms with E-state index in [9.17, 15) is 18.0 Å². The molecular weight excluding hydrogens is 517 g/mol. The molecule has 0 radical (unpaired) electrons. The molecule has 1 aromatic heterocycles. The third-order valence-corrected chi connectivity index (χ3v) is 5.85. The van der Waals surface area contributed by atoms with Crippen molar-refractivity contribution >= 4 is 55.2 Å². The lowest BCUT2D eigenvalue weighted by Gasteiger charge is -2.11. The number of thioether (sulfide) groups is 1. The number of anilines is 1. The van der Waals surface area contributed by atoms with Gasteiger partial charge in [-0.2, -0.15) is 0 Å². The lowest BCUT2D eigenvalue weighted by molar-refractivity contribution is 0.297. The number of nitrogens with zero attached hydrogens (tertiary/aromatic N) is 4. The van der Waals surface area contributed by atoms with Crippen LogP contribution in [0.25, 0.3) is 0 Å². The second kappa shape index (κ2) is 10.3. The van der Waals surface area contributed by atoms with Gasteiger partial charge in [0, 0.05) is 24.0 Å². The highest BCUT2D eigenvalue weighted by Crippen LogP contribution is 2.23. The molecule has 4 N–H and O–H groups in total. The Morgan fingerprint density at radius 3 is 2.84 bits per heavy atom. The number of hydrogen-bond donors (Lipinski definition) is 4. The Labute approximate surface area is 190 Å². The average molecular weight is 536 g/mol. The van der Waals surface area contributed by atoms with Gasteiger partial charge >= 0.3 is 0 Å². The van der Waals surface area contributed by atoms with Gasteiger partial charge in [0.2, 0.25) is 11.8 Å². The molecule has 0 amide bonds. The fourth-order valence-corrected chi connectivity index (χ4v) is 3.86. The van der Waals surface area contributed by atoms with E-state index in [4.69, 9.17) is 4.63 Å². The van der Waals surface area contributed by atoms with Crippen molar-refractivity contribution in [1.29, 1.82) is 0 Å². The molecule has 1 aromatic carbocycles.